The Morgan fingerprint density at radius 1 is 1.08 bits per heavy atom. The average molecular weight is 357 g/mol. The SMILES string of the molecule is CC(NC(=O)c1cccs1)C(=O)Nc1ccccc1N1CCCCC1. The first-order valence-electron chi connectivity index (χ1n) is 8.64. The van der Waals surface area contributed by atoms with Crippen LogP contribution in [0.5, 0.6) is 0 Å². The van der Waals surface area contributed by atoms with E-state index in [-0.39, 0.29) is 11.8 Å². The molecule has 1 saturated heterocycles. The molecule has 0 spiro atoms. The summed E-state index contributed by atoms with van der Waals surface area (Å²) in [5.41, 5.74) is 1.85. The zero-order valence-corrected chi connectivity index (χ0v) is 15.1. The first-order valence-corrected chi connectivity index (χ1v) is 9.52. The quantitative estimate of drug-likeness (QED) is 0.861. The lowest BCUT2D eigenvalue weighted by Gasteiger charge is -2.30. The number of anilines is 2. The summed E-state index contributed by atoms with van der Waals surface area (Å²) >= 11 is 1.36. The van der Waals surface area contributed by atoms with Gasteiger partial charge in [0, 0.05) is 13.1 Å². The molecule has 1 unspecified atom stereocenters. The van der Waals surface area contributed by atoms with Gasteiger partial charge < -0.3 is 15.5 Å². The topological polar surface area (TPSA) is 61.4 Å². The fourth-order valence-corrected chi connectivity index (χ4v) is 3.60. The number of hydrogen-bond acceptors (Lipinski definition) is 4. The van der Waals surface area contributed by atoms with Crippen LogP contribution in [-0.4, -0.2) is 30.9 Å². The van der Waals surface area contributed by atoms with Crippen LogP contribution in [0.3, 0.4) is 0 Å². The molecule has 132 valence electrons. The fraction of sp³-hybridized carbons (Fsp3) is 0.368. The molecule has 2 aromatic rings. The lowest BCUT2D eigenvalue weighted by atomic mass is 10.1. The summed E-state index contributed by atoms with van der Waals surface area (Å²) in [7, 11) is 0. The first kappa shape index (κ1) is 17.5. The maximum absolute atomic E-state index is 12.5. The van der Waals surface area contributed by atoms with Crippen molar-refractivity contribution < 1.29 is 9.59 Å². The van der Waals surface area contributed by atoms with Gasteiger partial charge in [0.15, 0.2) is 0 Å². The van der Waals surface area contributed by atoms with Crippen LogP contribution in [0.2, 0.25) is 0 Å². The van der Waals surface area contributed by atoms with Crippen molar-refractivity contribution in [3.05, 3.63) is 46.7 Å². The molecule has 0 saturated carbocycles. The van der Waals surface area contributed by atoms with E-state index < -0.39 is 6.04 Å². The van der Waals surface area contributed by atoms with Crippen LogP contribution in [0, 0.1) is 0 Å². The van der Waals surface area contributed by atoms with E-state index in [1.54, 1.807) is 13.0 Å². The van der Waals surface area contributed by atoms with Gasteiger partial charge in [-0.15, -0.1) is 11.3 Å². The highest BCUT2D eigenvalue weighted by molar-refractivity contribution is 7.12. The van der Waals surface area contributed by atoms with E-state index in [0.29, 0.717) is 4.88 Å². The van der Waals surface area contributed by atoms with Gasteiger partial charge >= 0.3 is 0 Å². The summed E-state index contributed by atoms with van der Waals surface area (Å²) < 4.78 is 0. The second-order valence-corrected chi connectivity index (χ2v) is 7.17. The third kappa shape index (κ3) is 4.39. The summed E-state index contributed by atoms with van der Waals surface area (Å²) in [4.78, 5) is 27.5. The largest absolute Gasteiger partial charge is 0.370 e. The van der Waals surface area contributed by atoms with Crippen LogP contribution in [0.25, 0.3) is 0 Å². The van der Waals surface area contributed by atoms with Gasteiger partial charge in [-0.2, -0.15) is 0 Å². The number of para-hydroxylation sites is 2. The number of amides is 2. The Kier molecular flexibility index (Phi) is 5.71. The number of piperidine rings is 1. The highest BCUT2D eigenvalue weighted by Crippen LogP contribution is 2.28. The van der Waals surface area contributed by atoms with E-state index in [1.807, 2.05) is 35.7 Å². The summed E-state index contributed by atoms with van der Waals surface area (Å²) in [5.74, 6) is -0.434. The van der Waals surface area contributed by atoms with Crippen LogP contribution < -0.4 is 15.5 Å². The number of carbonyl (C=O) groups excluding carboxylic acids is 2. The lowest BCUT2D eigenvalue weighted by molar-refractivity contribution is -0.117. The van der Waals surface area contributed by atoms with Gasteiger partial charge in [-0.05, 0) is 49.8 Å². The van der Waals surface area contributed by atoms with E-state index >= 15 is 0 Å². The molecule has 1 aliphatic heterocycles. The lowest BCUT2D eigenvalue weighted by Crippen LogP contribution is -2.41. The van der Waals surface area contributed by atoms with Gasteiger partial charge in [-0.25, -0.2) is 0 Å². The van der Waals surface area contributed by atoms with Crippen molar-refractivity contribution in [2.75, 3.05) is 23.3 Å². The van der Waals surface area contributed by atoms with E-state index in [0.717, 1.165) is 24.5 Å². The Morgan fingerprint density at radius 2 is 1.84 bits per heavy atom. The van der Waals surface area contributed by atoms with E-state index in [4.69, 9.17) is 0 Å². The molecule has 1 fully saturated rings. The molecule has 0 bridgehead atoms. The summed E-state index contributed by atoms with van der Waals surface area (Å²) in [6.45, 7) is 3.72. The number of nitrogens with zero attached hydrogens (tertiary/aromatic N) is 1. The predicted octanol–water partition coefficient (Wildman–Crippen LogP) is 3.50. The smallest absolute Gasteiger partial charge is 0.261 e. The number of rotatable bonds is 5. The van der Waals surface area contributed by atoms with Crippen LogP contribution in [0.15, 0.2) is 41.8 Å². The fourth-order valence-electron chi connectivity index (χ4n) is 2.97. The second-order valence-electron chi connectivity index (χ2n) is 6.23. The third-order valence-corrected chi connectivity index (χ3v) is 5.21. The summed E-state index contributed by atoms with van der Waals surface area (Å²) in [6.07, 6.45) is 3.61. The Bertz CT molecular complexity index is 724. The van der Waals surface area contributed by atoms with Crippen molar-refractivity contribution in [3.8, 4) is 0 Å². The van der Waals surface area contributed by atoms with Gasteiger partial charge in [0.05, 0.1) is 16.3 Å². The van der Waals surface area contributed by atoms with Crippen molar-refractivity contribution >= 4 is 34.5 Å². The molecule has 0 aliphatic carbocycles. The molecule has 25 heavy (non-hydrogen) atoms. The zero-order chi connectivity index (χ0) is 17.6. The van der Waals surface area contributed by atoms with Gasteiger partial charge in [0.25, 0.3) is 5.91 Å². The molecule has 1 aromatic heterocycles. The zero-order valence-electron chi connectivity index (χ0n) is 14.3. The average Bonchev–Trinajstić information content (AvgIpc) is 3.17. The normalized spacial score (nSPS) is 15.5. The molecule has 5 nitrogen and oxygen atoms in total. The molecular formula is C19H23N3O2S. The first-order chi connectivity index (χ1) is 12.1. The third-order valence-electron chi connectivity index (χ3n) is 4.34. The van der Waals surface area contributed by atoms with Gasteiger partial charge in [-0.1, -0.05) is 18.2 Å². The van der Waals surface area contributed by atoms with Crippen LogP contribution in [0.1, 0.15) is 35.9 Å². The maximum atomic E-state index is 12.5. The summed E-state index contributed by atoms with van der Waals surface area (Å²) in [6, 6.07) is 10.8. The second kappa shape index (κ2) is 8.16. The molecule has 2 heterocycles. The minimum absolute atomic E-state index is 0.214. The van der Waals surface area contributed by atoms with Gasteiger partial charge in [-0.3, -0.25) is 9.59 Å². The monoisotopic (exact) mass is 357 g/mol. The van der Waals surface area contributed by atoms with Crippen molar-refractivity contribution in [2.24, 2.45) is 0 Å². The highest BCUT2D eigenvalue weighted by Gasteiger charge is 2.20. The Labute approximate surface area is 152 Å². The summed E-state index contributed by atoms with van der Waals surface area (Å²) in [5, 5.41) is 7.56. The number of hydrogen-bond donors (Lipinski definition) is 2. The Balaban J connectivity index is 1.65. The number of benzene rings is 1. The minimum atomic E-state index is -0.607. The molecule has 3 rings (SSSR count). The maximum Gasteiger partial charge on any atom is 0.261 e. The molecule has 0 radical (unpaired) electrons. The van der Waals surface area contributed by atoms with E-state index in [1.165, 1.54) is 30.6 Å². The van der Waals surface area contributed by atoms with Crippen molar-refractivity contribution in [2.45, 2.75) is 32.2 Å². The van der Waals surface area contributed by atoms with Crippen molar-refractivity contribution in [1.82, 2.24) is 5.32 Å². The molecule has 2 amide bonds. The van der Waals surface area contributed by atoms with Crippen molar-refractivity contribution in [1.29, 1.82) is 0 Å². The number of carbonyl (C=O) groups is 2. The van der Waals surface area contributed by atoms with Gasteiger partial charge in [0.2, 0.25) is 5.91 Å². The predicted molar refractivity (Wildman–Crippen MR) is 102 cm³/mol. The Hall–Kier alpha value is -2.34. The highest BCUT2D eigenvalue weighted by atomic mass is 32.1. The van der Waals surface area contributed by atoms with Crippen LogP contribution >= 0.6 is 11.3 Å². The van der Waals surface area contributed by atoms with Crippen molar-refractivity contribution in [3.63, 3.8) is 0 Å². The van der Waals surface area contributed by atoms with E-state index in [2.05, 4.69) is 15.5 Å². The number of thiophene rings is 1. The molecule has 1 atom stereocenters. The van der Waals surface area contributed by atoms with E-state index in [9.17, 15) is 9.59 Å². The standard InChI is InChI=1S/C19H23N3O2S/c1-14(20-19(24)17-10-7-13-25-17)18(23)21-15-8-3-4-9-16(15)22-11-5-2-6-12-22/h3-4,7-10,13-14H,2,5-6,11-12H2,1H3,(H,20,24)(H,21,23). The molecular weight excluding hydrogens is 334 g/mol. The minimum Gasteiger partial charge on any atom is -0.370 e. The van der Waals surface area contributed by atoms with Crippen LogP contribution in [-0.2, 0) is 4.79 Å². The molecule has 1 aromatic carbocycles. The molecule has 1 aliphatic rings. The van der Waals surface area contributed by atoms with Crippen LogP contribution in [0.4, 0.5) is 11.4 Å². The molecule has 6 heteroatoms. The Morgan fingerprint density at radius 3 is 2.56 bits per heavy atom. The molecule has 2 N–H and O–H groups in total. The van der Waals surface area contributed by atoms with Gasteiger partial charge in [0.1, 0.15) is 6.04 Å². The number of nitrogens with one attached hydrogen (secondary N) is 2.